The van der Waals surface area contributed by atoms with E-state index in [4.69, 9.17) is 0 Å². The quantitative estimate of drug-likeness (QED) is 0.765. The largest absolute Gasteiger partial charge is 0.394 e. The first-order valence-electron chi connectivity index (χ1n) is 6.39. The van der Waals surface area contributed by atoms with Gasteiger partial charge >= 0.3 is 6.03 Å². The van der Waals surface area contributed by atoms with Crippen LogP contribution >= 0.6 is 0 Å². The van der Waals surface area contributed by atoms with Crippen LogP contribution < -0.4 is 10.6 Å². The minimum Gasteiger partial charge on any atom is -0.394 e. The second-order valence-electron chi connectivity index (χ2n) is 4.51. The molecule has 2 aromatic rings. The fourth-order valence-electron chi connectivity index (χ4n) is 1.89. The number of nitrogens with zero attached hydrogens (tertiary/aromatic N) is 2. The third kappa shape index (κ3) is 3.83. The Labute approximate surface area is 117 Å². The normalized spacial score (nSPS) is 11.9. The van der Waals surface area contributed by atoms with Gasteiger partial charge in [-0.1, -0.05) is 30.3 Å². The minimum atomic E-state index is -0.358. The van der Waals surface area contributed by atoms with Crippen molar-refractivity contribution in [1.29, 1.82) is 0 Å². The van der Waals surface area contributed by atoms with Gasteiger partial charge in [0.25, 0.3) is 0 Å². The summed E-state index contributed by atoms with van der Waals surface area (Å²) in [6, 6.07) is 10.7. The van der Waals surface area contributed by atoms with Gasteiger partial charge in [-0.3, -0.25) is 10.00 Å². The molecule has 0 unspecified atom stereocenters. The maximum absolute atomic E-state index is 11.8. The SMILES string of the molecule is Cn1nccc1NC(=O)N[C@@H](CO)Cc1ccccc1. The van der Waals surface area contributed by atoms with E-state index in [1.54, 1.807) is 24.0 Å². The van der Waals surface area contributed by atoms with Gasteiger partial charge in [0.1, 0.15) is 5.82 Å². The monoisotopic (exact) mass is 274 g/mol. The molecule has 20 heavy (non-hydrogen) atoms. The van der Waals surface area contributed by atoms with Crippen LogP contribution in [0.4, 0.5) is 10.6 Å². The molecule has 0 spiro atoms. The van der Waals surface area contributed by atoms with Gasteiger partial charge in [0.15, 0.2) is 0 Å². The Morgan fingerprint density at radius 3 is 2.70 bits per heavy atom. The number of amides is 2. The fraction of sp³-hybridized carbons (Fsp3) is 0.286. The Kier molecular flexibility index (Phi) is 4.73. The standard InChI is InChI=1S/C14H18N4O2/c1-18-13(7-8-15-18)17-14(20)16-12(10-19)9-11-5-3-2-4-6-11/h2-8,12,19H,9-10H2,1H3,(H2,16,17,20)/t12-/m1/s1. The van der Waals surface area contributed by atoms with Crippen LogP contribution in [-0.2, 0) is 13.5 Å². The second-order valence-corrected chi connectivity index (χ2v) is 4.51. The average Bonchev–Trinajstić information content (AvgIpc) is 2.84. The first kappa shape index (κ1) is 14.1. The average molecular weight is 274 g/mol. The summed E-state index contributed by atoms with van der Waals surface area (Å²) >= 11 is 0. The zero-order chi connectivity index (χ0) is 14.4. The highest BCUT2D eigenvalue weighted by molar-refractivity contribution is 5.88. The van der Waals surface area contributed by atoms with Crippen LogP contribution in [0.5, 0.6) is 0 Å². The van der Waals surface area contributed by atoms with Crippen molar-refractivity contribution in [2.45, 2.75) is 12.5 Å². The molecule has 0 fully saturated rings. The topological polar surface area (TPSA) is 79.2 Å². The number of aryl methyl sites for hydroxylation is 1. The van der Waals surface area contributed by atoms with E-state index >= 15 is 0 Å². The number of aliphatic hydroxyl groups is 1. The van der Waals surface area contributed by atoms with Gasteiger partial charge in [0, 0.05) is 13.1 Å². The molecule has 1 atom stereocenters. The summed E-state index contributed by atoms with van der Waals surface area (Å²) in [6.07, 6.45) is 2.18. The number of nitrogens with one attached hydrogen (secondary N) is 2. The molecule has 0 saturated carbocycles. The molecule has 1 aromatic carbocycles. The second kappa shape index (κ2) is 6.72. The van der Waals surface area contributed by atoms with Crippen LogP contribution in [0.3, 0.4) is 0 Å². The molecular formula is C14H18N4O2. The number of aliphatic hydroxyl groups excluding tert-OH is 1. The minimum absolute atomic E-state index is 0.117. The molecule has 0 radical (unpaired) electrons. The molecule has 2 amide bonds. The zero-order valence-electron chi connectivity index (χ0n) is 11.3. The van der Waals surface area contributed by atoms with Crippen molar-refractivity contribution < 1.29 is 9.90 Å². The van der Waals surface area contributed by atoms with Crippen molar-refractivity contribution in [1.82, 2.24) is 15.1 Å². The highest BCUT2D eigenvalue weighted by Gasteiger charge is 2.13. The first-order chi connectivity index (χ1) is 9.69. The van der Waals surface area contributed by atoms with Gasteiger partial charge in [-0.2, -0.15) is 5.10 Å². The number of benzene rings is 1. The number of hydrogen-bond acceptors (Lipinski definition) is 3. The number of aromatic nitrogens is 2. The summed E-state index contributed by atoms with van der Waals surface area (Å²) in [5.74, 6) is 0.596. The molecule has 106 valence electrons. The number of rotatable bonds is 5. The molecule has 0 saturated heterocycles. The van der Waals surface area contributed by atoms with Crippen LogP contribution in [0.25, 0.3) is 0 Å². The maximum atomic E-state index is 11.8. The van der Waals surface area contributed by atoms with E-state index in [9.17, 15) is 9.90 Å². The highest BCUT2D eigenvalue weighted by atomic mass is 16.3. The summed E-state index contributed by atoms with van der Waals surface area (Å²) in [5.41, 5.74) is 1.06. The molecule has 6 heteroatoms. The van der Waals surface area contributed by atoms with Gasteiger partial charge in [-0.25, -0.2) is 4.79 Å². The molecule has 6 nitrogen and oxygen atoms in total. The van der Waals surface area contributed by atoms with Gasteiger partial charge in [0.05, 0.1) is 18.8 Å². The summed E-state index contributed by atoms with van der Waals surface area (Å²) in [6.45, 7) is -0.117. The molecule has 0 aliphatic heterocycles. The summed E-state index contributed by atoms with van der Waals surface area (Å²) < 4.78 is 1.56. The van der Waals surface area contributed by atoms with Crippen LogP contribution in [0, 0.1) is 0 Å². The molecule has 1 heterocycles. The molecule has 2 rings (SSSR count). The van der Waals surface area contributed by atoms with Crippen molar-refractivity contribution in [3.05, 3.63) is 48.2 Å². The van der Waals surface area contributed by atoms with Gasteiger partial charge in [0.2, 0.25) is 0 Å². The molecule has 3 N–H and O–H groups in total. The lowest BCUT2D eigenvalue weighted by Gasteiger charge is -2.17. The van der Waals surface area contributed by atoms with E-state index < -0.39 is 0 Å². The van der Waals surface area contributed by atoms with E-state index in [2.05, 4.69) is 15.7 Å². The molecule has 0 bridgehead atoms. The summed E-state index contributed by atoms with van der Waals surface area (Å²) in [7, 11) is 1.74. The van der Waals surface area contributed by atoms with Crippen LogP contribution in [0.15, 0.2) is 42.6 Å². The smallest absolute Gasteiger partial charge is 0.320 e. The predicted molar refractivity (Wildman–Crippen MR) is 76.4 cm³/mol. The lowest BCUT2D eigenvalue weighted by atomic mass is 10.1. The van der Waals surface area contributed by atoms with E-state index in [1.165, 1.54) is 0 Å². The highest BCUT2D eigenvalue weighted by Crippen LogP contribution is 2.05. The fourth-order valence-corrected chi connectivity index (χ4v) is 1.89. The van der Waals surface area contributed by atoms with Crippen LogP contribution in [0.2, 0.25) is 0 Å². The van der Waals surface area contributed by atoms with Crippen molar-refractivity contribution in [3.63, 3.8) is 0 Å². The third-order valence-corrected chi connectivity index (χ3v) is 2.94. The van der Waals surface area contributed by atoms with Crippen LogP contribution in [-0.4, -0.2) is 33.6 Å². The van der Waals surface area contributed by atoms with Crippen molar-refractivity contribution in [2.24, 2.45) is 7.05 Å². The van der Waals surface area contributed by atoms with Gasteiger partial charge < -0.3 is 10.4 Å². The summed E-state index contributed by atoms with van der Waals surface area (Å²) in [4.78, 5) is 11.8. The zero-order valence-corrected chi connectivity index (χ0v) is 11.3. The van der Waals surface area contributed by atoms with E-state index in [0.717, 1.165) is 5.56 Å². The van der Waals surface area contributed by atoms with Crippen molar-refractivity contribution in [2.75, 3.05) is 11.9 Å². The number of carbonyl (C=O) groups excluding carboxylic acids is 1. The van der Waals surface area contributed by atoms with Crippen LogP contribution in [0.1, 0.15) is 5.56 Å². The third-order valence-electron chi connectivity index (χ3n) is 2.94. The first-order valence-corrected chi connectivity index (χ1v) is 6.39. The van der Waals surface area contributed by atoms with Crippen molar-refractivity contribution >= 4 is 11.8 Å². The Morgan fingerprint density at radius 1 is 1.35 bits per heavy atom. The number of urea groups is 1. The predicted octanol–water partition coefficient (Wildman–Crippen LogP) is 1.15. The van der Waals surface area contributed by atoms with Gasteiger partial charge in [-0.05, 0) is 12.0 Å². The Hall–Kier alpha value is -2.34. The van der Waals surface area contributed by atoms with E-state index in [-0.39, 0.29) is 18.7 Å². The van der Waals surface area contributed by atoms with Gasteiger partial charge in [-0.15, -0.1) is 0 Å². The maximum Gasteiger partial charge on any atom is 0.320 e. The molecule has 0 aliphatic rings. The van der Waals surface area contributed by atoms with E-state index in [1.807, 2.05) is 30.3 Å². The molecule has 0 aliphatic carbocycles. The lowest BCUT2D eigenvalue weighted by molar-refractivity contribution is 0.224. The van der Waals surface area contributed by atoms with Crippen molar-refractivity contribution in [3.8, 4) is 0 Å². The Bertz CT molecular complexity index is 553. The molecule has 1 aromatic heterocycles. The lowest BCUT2D eigenvalue weighted by Crippen LogP contribution is -2.41. The molecular weight excluding hydrogens is 256 g/mol. The Morgan fingerprint density at radius 2 is 2.10 bits per heavy atom. The number of hydrogen-bond donors (Lipinski definition) is 3. The Balaban J connectivity index is 1.90. The van der Waals surface area contributed by atoms with E-state index in [0.29, 0.717) is 12.2 Å². The number of anilines is 1. The summed E-state index contributed by atoms with van der Waals surface area (Å²) in [5, 5.41) is 18.7. The number of carbonyl (C=O) groups is 1.